The lowest BCUT2D eigenvalue weighted by molar-refractivity contribution is 0.318. The minimum Gasteiger partial charge on any atom is -0.357 e. The number of unbranched alkanes of at least 4 members (excludes halogenated alkanes) is 2. The van der Waals surface area contributed by atoms with Crippen LogP contribution in [-0.4, -0.2) is 28.7 Å². The Kier molecular flexibility index (Phi) is 11.2. The Hall–Kier alpha value is -0.860. The molecule has 0 aliphatic rings. The largest absolute Gasteiger partial charge is 0.357 e. The van der Waals surface area contributed by atoms with Crippen LogP contribution in [0.4, 0.5) is 0 Å². The predicted octanol–water partition coefficient (Wildman–Crippen LogP) is 4.01. The average molecular weight is 451 g/mol. The van der Waals surface area contributed by atoms with Gasteiger partial charge in [0, 0.05) is 18.0 Å². The highest BCUT2D eigenvalue weighted by Gasteiger charge is 2.21. The van der Waals surface area contributed by atoms with Crippen molar-refractivity contribution in [1.82, 2.24) is 20.8 Å². The average Bonchev–Trinajstić information content (AvgIpc) is 2.94. The van der Waals surface area contributed by atoms with E-state index >= 15 is 0 Å². The summed E-state index contributed by atoms with van der Waals surface area (Å²) in [5.41, 5.74) is -0.133. The summed E-state index contributed by atoms with van der Waals surface area (Å²) in [6, 6.07) is 0.398. The SMILES string of the molecule is CCCCCC(C)NC(=NCc1noc(C(C)(C)C)n1)NCC.I. The maximum Gasteiger partial charge on any atom is 0.232 e. The van der Waals surface area contributed by atoms with Crippen LogP contribution in [0.1, 0.15) is 78.9 Å². The maximum absolute atomic E-state index is 5.30. The Balaban J connectivity index is 0.00000529. The second kappa shape index (κ2) is 11.7. The lowest BCUT2D eigenvalue weighted by atomic mass is 9.97. The molecule has 2 N–H and O–H groups in total. The molecule has 0 fully saturated rings. The first-order chi connectivity index (χ1) is 10.9. The molecule has 0 spiro atoms. The molecule has 0 radical (unpaired) electrons. The number of hydrogen-bond donors (Lipinski definition) is 2. The second-order valence-electron chi connectivity index (χ2n) is 7.00. The third-order valence-electron chi connectivity index (χ3n) is 3.46. The van der Waals surface area contributed by atoms with E-state index in [1.807, 2.05) is 0 Å². The molecule has 0 bridgehead atoms. The van der Waals surface area contributed by atoms with Gasteiger partial charge in [0.1, 0.15) is 6.54 Å². The summed E-state index contributed by atoms with van der Waals surface area (Å²) in [7, 11) is 0. The Bertz CT molecular complexity index is 482. The smallest absolute Gasteiger partial charge is 0.232 e. The molecule has 24 heavy (non-hydrogen) atoms. The van der Waals surface area contributed by atoms with Crippen LogP contribution in [0, 0.1) is 0 Å². The summed E-state index contributed by atoms with van der Waals surface area (Å²) in [5, 5.41) is 10.7. The zero-order valence-corrected chi connectivity index (χ0v) is 18.3. The van der Waals surface area contributed by atoms with Crippen LogP contribution in [0.25, 0.3) is 0 Å². The van der Waals surface area contributed by atoms with Crippen molar-refractivity contribution in [1.29, 1.82) is 0 Å². The van der Waals surface area contributed by atoms with Gasteiger partial charge in [0.25, 0.3) is 0 Å². The van der Waals surface area contributed by atoms with Gasteiger partial charge >= 0.3 is 0 Å². The summed E-state index contributed by atoms with van der Waals surface area (Å²) < 4.78 is 5.30. The van der Waals surface area contributed by atoms with Gasteiger partial charge in [-0.15, -0.1) is 24.0 Å². The lowest BCUT2D eigenvalue weighted by Gasteiger charge is -2.17. The van der Waals surface area contributed by atoms with Gasteiger partial charge in [-0.3, -0.25) is 0 Å². The number of halogens is 1. The van der Waals surface area contributed by atoms with Crippen molar-refractivity contribution in [3.63, 3.8) is 0 Å². The normalized spacial score (nSPS) is 13.3. The van der Waals surface area contributed by atoms with Crippen LogP contribution in [-0.2, 0) is 12.0 Å². The zero-order chi connectivity index (χ0) is 17.3. The Labute approximate surface area is 163 Å². The molecular weight excluding hydrogens is 417 g/mol. The monoisotopic (exact) mass is 451 g/mol. The highest BCUT2D eigenvalue weighted by atomic mass is 127. The van der Waals surface area contributed by atoms with Crippen molar-refractivity contribution in [3.05, 3.63) is 11.7 Å². The van der Waals surface area contributed by atoms with E-state index in [0.717, 1.165) is 18.9 Å². The van der Waals surface area contributed by atoms with Crippen molar-refractivity contribution in [2.75, 3.05) is 6.54 Å². The molecule has 0 aliphatic heterocycles. The van der Waals surface area contributed by atoms with Gasteiger partial charge in [-0.25, -0.2) is 4.99 Å². The first-order valence-corrected chi connectivity index (χ1v) is 8.74. The van der Waals surface area contributed by atoms with Crippen LogP contribution < -0.4 is 10.6 Å². The van der Waals surface area contributed by atoms with E-state index in [1.165, 1.54) is 19.3 Å². The first-order valence-electron chi connectivity index (χ1n) is 8.74. The lowest BCUT2D eigenvalue weighted by Crippen LogP contribution is -2.42. The molecular formula is C17H34IN5O. The minimum atomic E-state index is -0.133. The molecule has 1 unspecified atom stereocenters. The molecule has 0 aliphatic carbocycles. The molecule has 7 heteroatoms. The summed E-state index contributed by atoms with van der Waals surface area (Å²) in [6.45, 7) is 13.9. The van der Waals surface area contributed by atoms with E-state index in [0.29, 0.717) is 24.3 Å². The molecule has 0 saturated carbocycles. The summed E-state index contributed by atoms with van der Waals surface area (Å²) >= 11 is 0. The molecule has 1 aromatic rings. The standard InChI is InChI=1S/C17H33N5O.HI/c1-7-9-10-11-13(3)20-16(18-8-2)19-12-14-21-15(23-22-14)17(4,5)6;/h13H,7-12H2,1-6H3,(H2,18,19,20);1H. The Morgan fingerprint density at radius 1 is 1.25 bits per heavy atom. The zero-order valence-electron chi connectivity index (χ0n) is 16.0. The first kappa shape index (κ1) is 23.1. The number of nitrogens with zero attached hydrogens (tertiary/aromatic N) is 3. The second-order valence-corrected chi connectivity index (χ2v) is 7.00. The predicted molar refractivity (Wildman–Crippen MR) is 110 cm³/mol. The highest BCUT2D eigenvalue weighted by molar-refractivity contribution is 14.0. The fourth-order valence-electron chi connectivity index (χ4n) is 2.10. The fraction of sp³-hybridized carbons (Fsp3) is 0.824. The molecule has 1 atom stereocenters. The van der Waals surface area contributed by atoms with E-state index < -0.39 is 0 Å². The van der Waals surface area contributed by atoms with Crippen LogP contribution in [0.15, 0.2) is 9.52 Å². The van der Waals surface area contributed by atoms with Crippen molar-refractivity contribution >= 4 is 29.9 Å². The van der Waals surface area contributed by atoms with Crippen molar-refractivity contribution in [2.45, 2.75) is 85.2 Å². The molecule has 1 heterocycles. The topological polar surface area (TPSA) is 75.3 Å². The Morgan fingerprint density at radius 2 is 1.96 bits per heavy atom. The van der Waals surface area contributed by atoms with Crippen molar-refractivity contribution in [3.8, 4) is 0 Å². The van der Waals surface area contributed by atoms with Gasteiger partial charge in [0.05, 0.1) is 0 Å². The minimum absolute atomic E-state index is 0. The highest BCUT2D eigenvalue weighted by Crippen LogP contribution is 2.19. The van der Waals surface area contributed by atoms with E-state index in [4.69, 9.17) is 4.52 Å². The summed E-state index contributed by atoms with van der Waals surface area (Å²) in [4.78, 5) is 8.97. The van der Waals surface area contributed by atoms with Gasteiger partial charge < -0.3 is 15.2 Å². The van der Waals surface area contributed by atoms with Gasteiger partial charge in [-0.1, -0.05) is 52.1 Å². The molecule has 1 aromatic heterocycles. The van der Waals surface area contributed by atoms with Gasteiger partial charge in [0.15, 0.2) is 11.8 Å². The van der Waals surface area contributed by atoms with E-state index in [1.54, 1.807) is 0 Å². The van der Waals surface area contributed by atoms with E-state index in [9.17, 15) is 0 Å². The van der Waals surface area contributed by atoms with E-state index in [-0.39, 0.29) is 29.4 Å². The fourth-order valence-corrected chi connectivity index (χ4v) is 2.10. The number of guanidine groups is 1. The molecule has 0 saturated heterocycles. The van der Waals surface area contributed by atoms with Crippen LogP contribution >= 0.6 is 24.0 Å². The number of nitrogens with one attached hydrogen (secondary N) is 2. The van der Waals surface area contributed by atoms with E-state index in [2.05, 4.69) is 67.3 Å². The molecule has 140 valence electrons. The molecule has 0 aromatic carbocycles. The van der Waals surface area contributed by atoms with Crippen LogP contribution in [0.5, 0.6) is 0 Å². The number of hydrogen-bond acceptors (Lipinski definition) is 4. The third-order valence-corrected chi connectivity index (χ3v) is 3.46. The molecule has 0 amide bonds. The third kappa shape index (κ3) is 8.84. The van der Waals surface area contributed by atoms with Crippen molar-refractivity contribution < 1.29 is 4.52 Å². The van der Waals surface area contributed by atoms with Crippen LogP contribution in [0.3, 0.4) is 0 Å². The number of rotatable bonds is 8. The van der Waals surface area contributed by atoms with Crippen molar-refractivity contribution in [2.24, 2.45) is 4.99 Å². The summed E-state index contributed by atoms with van der Waals surface area (Å²) in [5.74, 6) is 2.07. The quantitative estimate of drug-likeness (QED) is 0.270. The number of aromatic nitrogens is 2. The maximum atomic E-state index is 5.30. The summed E-state index contributed by atoms with van der Waals surface area (Å²) in [6.07, 6.45) is 4.91. The van der Waals surface area contributed by atoms with Gasteiger partial charge in [0.2, 0.25) is 5.89 Å². The van der Waals surface area contributed by atoms with Crippen LogP contribution in [0.2, 0.25) is 0 Å². The molecule has 6 nitrogen and oxygen atoms in total. The van der Waals surface area contributed by atoms with Gasteiger partial charge in [-0.2, -0.15) is 4.98 Å². The molecule has 1 rings (SSSR count). The Morgan fingerprint density at radius 3 is 2.50 bits per heavy atom. The van der Waals surface area contributed by atoms with Gasteiger partial charge in [-0.05, 0) is 20.3 Å². The number of aliphatic imine (C=N–C) groups is 1.